The summed E-state index contributed by atoms with van der Waals surface area (Å²) in [5, 5.41) is 3.20. The van der Waals surface area contributed by atoms with Crippen LogP contribution in [-0.2, 0) is 9.53 Å². The Bertz CT molecular complexity index is 416. The standard InChI is InChI=1S/C14H22N2O2/c1-6-12(14(17)18-5)15-11-8-7-10(2)13(9-11)16(3)4/h7-9,12,15H,6H2,1-5H3. The monoisotopic (exact) mass is 250 g/mol. The Labute approximate surface area is 109 Å². The van der Waals surface area contributed by atoms with Crippen LogP contribution in [0, 0.1) is 6.92 Å². The predicted molar refractivity (Wildman–Crippen MR) is 75.2 cm³/mol. The number of ether oxygens (including phenoxy) is 1. The number of carbonyl (C=O) groups excluding carboxylic acids is 1. The fourth-order valence-electron chi connectivity index (χ4n) is 1.85. The molecule has 0 aliphatic carbocycles. The number of carbonyl (C=O) groups is 1. The Kier molecular flexibility index (Phi) is 5.01. The lowest BCUT2D eigenvalue weighted by Gasteiger charge is -2.20. The maximum atomic E-state index is 11.5. The largest absolute Gasteiger partial charge is 0.467 e. The van der Waals surface area contributed by atoms with Gasteiger partial charge in [-0.2, -0.15) is 0 Å². The molecule has 18 heavy (non-hydrogen) atoms. The summed E-state index contributed by atoms with van der Waals surface area (Å²) >= 11 is 0. The fourth-order valence-corrected chi connectivity index (χ4v) is 1.85. The third-order valence-electron chi connectivity index (χ3n) is 2.93. The second-order valence-corrected chi connectivity index (χ2v) is 4.52. The van der Waals surface area contributed by atoms with E-state index in [4.69, 9.17) is 4.74 Å². The molecule has 0 spiro atoms. The molecule has 4 heteroatoms. The van der Waals surface area contributed by atoms with Gasteiger partial charge >= 0.3 is 5.97 Å². The minimum atomic E-state index is -0.298. The van der Waals surface area contributed by atoms with Crippen molar-refractivity contribution in [2.45, 2.75) is 26.3 Å². The number of esters is 1. The van der Waals surface area contributed by atoms with Crippen molar-refractivity contribution in [3.63, 3.8) is 0 Å². The zero-order chi connectivity index (χ0) is 13.7. The van der Waals surface area contributed by atoms with Gasteiger partial charge in [0.25, 0.3) is 0 Å². The van der Waals surface area contributed by atoms with Gasteiger partial charge in [0.2, 0.25) is 0 Å². The van der Waals surface area contributed by atoms with Crippen LogP contribution in [0.2, 0.25) is 0 Å². The van der Waals surface area contributed by atoms with Gasteiger partial charge in [0.1, 0.15) is 6.04 Å². The average Bonchev–Trinajstić information content (AvgIpc) is 2.36. The second-order valence-electron chi connectivity index (χ2n) is 4.52. The van der Waals surface area contributed by atoms with Gasteiger partial charge < -0.3 is 15.0 Å². The first-order chi connectivity index (χ1) is 8.49. The van der Waals surface area contributed by atoms with Gasteiger partial charge in [0.05, 0.1) is 7.11 Å². The number of benzene rings is 1. The molecule has 1 N–H and O–H groups in total. The first-order valence-corrected chi connectivity index (χ1v) is 6.12. The van der Waals surface area contributed by atoms with Crippen LogP contribution in [0.3, 0.4) is 0 Å². The Balaban J connectivity index is 2.90. The Hall–Kier alpha value is -1.71. The minimum Gasteiger partial charge on any atom is -0.467 e. The van der Waals surface area contributed by atoms with Gasteiger partial charge in [-0.15, -0.1) is 0 Å². The van der Waals surface area contributed by atoms with E-state index in [0.29, 0.717) is 6.42 Å². The van der Waals surface area contributed by atoms with Gasteiger partial charge in [0, 0.05) is 25.5 Å². The van der Waals surface area contributed by atoms with E-state index in [0.717, 1.165) is 11.4 Å². The summed E-state index contributed by atoms with van der Waals surface area (Å²) in [6, 6.07) is 5.77. The van der Waals surface area contributed by atoms with Crippen LogP contribution in [0.25, 0.3) is 0 Å². The first kappa shape index (κ1) is 14.4. The molecular formula is C14H22N2O2. The lowest BCUT2D eigenvalue weighted by atomic mass is 10.1. The molecule has 0 saturated heterocycles. The summed E-state index contributed by atoms with van der Waals surface area (Å²) in [6.45, 7) is 4.02. The summed E-state index contributed by atoms with van der Waals surface area (Å²) in [4.78, 5) is 13.6. The molecule has 0 bridgehead atoms. The van der Waals surface area contributed by atoms with Crippen LogP contribution >= 0.6 is 0 Å². The maximum Gasteiger partial charge on any atom is 0.328 e. The van der Waals surface area contributed by atoms with E-state index in [2.05, 4.69) is 17.1 Å². The van der Waals surface area contributed by atoms with Crippen molar-refractivity contribution in [3.8, 4) is 0 Å². The molecule has 0 heterocycles. The van der Waals surface area contributed by atoms with Crippen molar-refractivity contribution in [3.05, 3.63) is 23.8 Å². The molecule has 0 aliphatic heterocycles. The summed E-state index contributed by atoms with van der Waals surface area (Å²) in [7, 11) is 5.42. The average molecular weight is 250 g/mol. The fraction of sp³-hybridized carbons (Fsp3) is 0.500. The van der Waals surface area contributed by atoms with Crippen molar-refractivity contribution in [1.29, 1.82) is 0 Å². The molecule has 100 valence electrons. The van der Waals surface area contributed by atoms with Gasteiger partial charge in [0.15, 0.2) is 0 Å². The third kappa shape index (κ3) is 3.39. The van der Waals surface area contributed by atoms with E-state index in [1.165, 1.54) is 12.7 Å². The quantitative estimate of drug-likeness (QED) is 0.815. The molecular weight excluding hydrogens is 228 g/mol. The molecule has 4 nitrogen and oxygen atoms in total. The van der Waals surface area contributed by atoms with E-state index < -0.39 is 0 Å². The molecule has 1 atom stereocenters. The summed E-state index contributed by atoms with van der Waals surface area (Å²) < 4.78 is 4.77. The van der Waals surface area contributed by atoms with Gasteiger partial charge in [-0.25, -0.2) is 4.79 Å². The van der Waals surface area contributed by atoms with Crippen molar-refractivity contribution in [2.75, 3.05) is 31.4 Å². The van der Waals surface area contributed by atoms with Gasteiger partial charge in [-0.3, -0.25) is 0 Å². The van der Waals surface area contributed by atoms with Crippen LogP contribution in [-0.4, -0.2) is 33.2 Å². The molecule has 1 unspecified atom stereocenters. The van der Waals surface area contributed by atoms with Crippen molar-refractivity contribution >= 4 is 17.3 Å². The van der Waals surface area contributed by atoms with Crippen LogP contribution in [0.5, 0.6) is 0 Å². The lowest BCUT2D eigenvalue weighted by Crippen LogP contribution is -2.29. The molecule has 1 rings (SSSR count). The highest BCUT2D eigenvalue weighted by Crippen LogP contribution is 2.23. The molecule has 0 aliphatic rings. The summed E-state index contributed by atoms with van der Waals surface area (Å²) in [5.74, 6) is -0.232. The lowest BCUT2D eigenvalue weighted by molar-refractivity contribution is -0.141. The van der Waals surface area contributed by atoms with Crippen LogP contribution in [0.4, 0.5) is 11.4 Å². The molecule has 0 amide bonds. The van der Waals surface area contributed by atoms with E-state index in [-0.39, 0.29) is 12.0 Å². The van der Waals surface area contributed by atoms with Crippen molar-refractivity contribution in [1.82, 2.24) is 0 Å². The van der Waals surface area contributed by atoms with Crippen LogP contribution in [0.1, 0.15) is 18.9 Å². The topological polar surface area (TPSA) is 41.6 Å². The van der Waals surface area contributed by atoms with Crippen molar-refractivity contribution in [2.24, 2.45) is 0 Å². The Morgan fingerprint density at radius 3 is 2.61 bits per heavy atom. The molecule has 0 fully saturated rings. The number of aryl methyl sites for hydroxylation is 1. The number of rotatable bonds is 5. The normalized spacial score (nSPS) is 11.8. The van der Waals surface area contributed by atoms with Crippen LogP contribution < -0.4 is 10.2 Å². The number of hydrogen-bond acceptors (Lipinski definition) is 4. The second kappa shape index (κ2) is 6.28. The molecule has 1 aromatic rings. The first-order valence-electron chi connectivity index (χ1n) is 6.12. The van der Waals surface area contributed by atoms with E-state index >= 15 is 0 Å². The highest BCUT2D eigenvalue weighted by atomic mass is 16.5. The summed E-state index contributed by atoms with van der Waals surface area (Å²) in [6.07, 6.45) is 0.692. The van der Waals surface area contributed by atoms with Crippen molar-refractivity contribution < 1.29 is 9.53 Å². The maximum absolute atomic E-state index is 11.5. The summed E-state index contributed by atoms with van der Waals surface area (Å²) in [5.41, 5.74) is 3.28. The predicted octanol–water partition coefficient (Wildman–Crippen LogP) is 2.42. The number of hydrogen-bond donors (Lipinski definition) is 1. The third-order valence-corrected chi connectivity index (χ3v) is 2.93. The molecule has 1 aromatic carbocycles. The molecule has 0 saturated carbocycles. The smallest absolute Gasteiger partial charge is 0.328 e. The van der Waals surface area contributed by atoms with E-state index in [1.54, 1.807) is 0 Å². The Morgan fingerprint density at radius 2 is 2.11 bits per heavy atom. The van der Waals surface area contributed by atoms with E-state index in [1.807, 2.05) is 39.2 Å². The van der Waals surface area contributed by atoms with Gasteiger partial charge in [-0.1, -0.05) is 13.0 Å². The minimum absolute atomic E-state index is 0.232. The number of nitrogens with one attached hydrogen (secondary N) is 1. The number of methoxy groups -OCH3 is 1. The molecule has 0 aromatic heterocycles. The number of anilines is 2. The van der Waals surface area contributed by atoms with Gasteiger partial charge in [-0.05, 0) is 31.0 Å². The highest BCUT2D eigenvalue weighted by molar-refractivity contribution is 5.79. The SMILES string of the molecule is CCC(Nc1ccc(C)c(N(C)C)c1)C(=O)OC. The van der Waals surface area contributed by atoms with E-state index in [9.17, 15) is 4.79 Å². The van der Waals surface area contributed by atoms with Crippen LogP contribution in [0.15, 0.2) is 18.2 Å². The highest BCUT2D eigenvalue weighted by Gasteiger charge is 2.16. The Morgan fingerprint density at radius 1 is 1.44 bits per heavy atom. The zero-order valence-corrected chi connectivity index (χ0v) is 11.8. The zero-order valence-electron chi connectivity index (χ0n) is 11.8. The number of nitrogens with zero attached hydrogens (tertiary/aromatic N) is 1. The molecule has 0 radical (unpaired) electrons.